The Kier molecular flexibility index (Phi) is 4.15. The second kappa shape index (κ2) is 5.01. The predicted octanol–water partition coefficient (Wildman–Crippen LogP) is 1.74. The van der Waals surface area contributed by atoms with Crippen molar-refractivity contribution in [3.8, 4) is 0 Å². The third-order valence-corrected chi connectivity index (χ3v) is 3.35. The number of ketones is 1. The molecular weight excluding hydrogens is 226 g/mol. The Bertz CT molecular complexity index is 308. The summed E-state index contributed by atoms with van der Waals surface area (Å²) in [4.78, 5) is 23.4. The molecule has 0 aliphatic heterocycles. The topological polar surface area (TPSA) is 57.6 Å². The number of rotatable bonds is 4. The smallest absolute Gasteiger partial charge is 0.259 e. The van der Waals surface area contributed by atoms with E-state index in [-0.39, 0.29) is 6.04 Å². The van der Waals surface area contributed by atoms with Crippen molar-refractivity contribution in [3.05, 3.63) is 0 Å². The summed E-state index contributed by atoms with van der Waals surface area (Å²) in [6, 6.07) is -0.148. The minimum atomic E-state index is -1.26. The van der Waals surface area contributed by atoms with E-state index in [4.69, 9.17) is 0 Å². The molecule has 0 saturated heterocycles. The minimum Gasteiger partial charge on any atom is -0.293 e. The highest BCUT2D eigenvalue weighted by Gasteiger charge is 2.40. The number of carbonyl (C=O) groups is 2. The molecule has 90 valence electrons. The van der Waals surface area contributed by atoms with Crippen molar-refractivity contribution in [2.75, 3.05) is 0 Å². The van der Waals surface area contributed by atoms with Crippen molar-refractivity contribution in [3.63, 3.8) is 0 Å². The van der Waals surface area contributed by atoms with E-state index in [9.17, 15) is 14.8 Å². The summed E-state index contributed by atoms with van der Waals surface area (Å²) in [5.74, 6) is -1.00. The number of hydroxylamine groups is 2. The zero-order chi connectivity index (χ0) is 12.3. The van der Waals surface area contributed by atoms with Gasteiger partial charge in [0.15, 0.2) is 5.78 Å². The molecule has 0 atom stereocenters. The molecular formula is C11H17NO3S. The van der Waals surface area contributed by atoms with Crippen molar-refractivity contribution in [1.29, 1.82) is 0 Å². The zero-order valence-electron chi connectivity index (χ0n) is 9.60. The molecule has 4 nitrogen and oxygen atoms in total. The Morgan fingerprint density at radius 3 is 2.31 bits per heavy atom. The molecule has 0 heterocycles. The maximum absolute atomic E-state index is 11.9. The lowest BCUT2D eigenvalue weighted by atomic mass is 9.87. The van der Waals surface area contributed by atoms with Crippen LogP contribution in [0.15, 0.2) is 0 Å². The summed E-state index contributed by atoms with van der Waals surface area (Å²) in [5, 5.41) is 11.5. The lowest BCUT2D eigenvalue weighted by molar-refractivity contribution is -0.185. The molecule has 0 aromatic heterocycles. The van der Waals surface area contributed by atoms with Crippen LogP contribution in [0, 0.1) is 5.41 Å². The van der Waals surface area contributed by atoms with Crippen LogP contribution < -0.4 is 0 Å². The summed E-state index contributed by atoms with van der Waals surface area (Å²) in [5.41, 5.74) is -1.26. The van der Waals surface area contributed by atoms with Crippen molar-refractivity contribution in [2.45, 2.75) is 45.6 Å². The van der Waals surface area contributed by atoms with E-state index in [2.05, 4.69) is 12.2 Å². The van der Waals surface area contributed by atoms with Crippen LogP contribution in [0.4, 0.5) is 0 Å². The molecule has 1 rings (SSSR count). The number of nitrogens with zero attached hydrogens (tertiary/aromatic N) is 1. The van der Waals surface area contributed by atoms with Crippen molar-refractivity contribution < 1.29 is 14.8 Å². The first kappa shape index (κ1) is 13.3. The Labute approximate surface area is 101 Å². The maximum Gasteiger partial charge on any atom is 0.259 e. The molecule has 5 heteroatoms. The van der Waals surface area contributed by atoms with Crippen LogP contribution in [0.2, 0.25) is 0 Å². The third kappa shape index (κ3) is 2.47. The van der Waals surface area contributed by atoms with Gasteiger partial charge in [-0.05, 0) is 26.7 Å². The van der Waals surface area contributed by atoms with Crippen LogP contribution in [0.25, 0.3) is 0 Å². The highest BCUT2D eigenvalue weighted by Crippen LogP contribution is 2.27. The minimum absolute atomic E-state index is 0.148. The van der Waals surface area contributed by atoms with E-state index in [1.165, 1.54) is 13.8 Å². The molecule has 1 amide bonds. The Hall–Kier alpha value is -0.810. The average Bonchev–Trinajstić information content (AvgIpc) is 2.79. The molecule has 1 saturated carbocycles. The lowest BCUT2D eigenvalue weighted by Crippen LogP contribution is -2.47. The molecule has 16 heavy (non-hydrogen) atoms. The van der Waals surface area contributed by atoms with Gasteiger partial charge < -0.3 is 0 Å². The number of Topliss-reactive ketones (excluding diaryl/α,β-unsaturated/α-hetero) is 1. The average molecular weight is 243 g/mol. The third-order valence-electron chi connectivity index (χ3n) is 3.14. The molecule has 1 fully saturated rings. The van der Waals surface area contributed by atoms with E-state index >= 15 is 0 Å². The molecule has 0 spiro atoms. The number of thiocarbonyl (C=S) groups is 1. The molecule has 0 unspecified atom stereocenters. The molecule has 0 aromatic rings. The van der Waals surface area contributed by atoms with Gasteiger partial charge in [-0.2, -0.15) is 0 Å². The molecule has 0 radical (unpaired) electrons. The fourth-order valence-electron chi connectivity index (χ4n) is 1.85. The first-order valence-electron chi connectivity index (χ1n) is 5.43. The summed E-state index contributed by atoms with van der Waals surface area (Å²) in [6.45, 7) is 2.97. The molecule has 1 N–H and O–H groups in total. The summed E-state index contributed by atoms with van der Waals surface area (Å²) < 4.78 is 0. The fraction of sp³-hybridized carbons (Fsp3) is 0.727. The molecule has 1 aliphatic carbocycles. The molecule has 1 aliphatic rings. The monoisotopic (exact) mass is 243 g/mol. The summed E-state index contributed by atoms with van der Waals surface area (Å²) >= 11 is 4.54. The highest BCUT2D eigenvalue weighted by atomic mass is 32.1. The van der Waals surface area contributed by atoms with E-state index in [1.54, 1.807) is 0 Å². The number of hydrogen-bond donors (Lipinski definition) is 1. The first-order valence-corrected chi connectivity index (χ1v) is 5.90. The van der Waals surface area contributed by atoms with Gasteiger partial charge in [-0.25, -0.2) is 5.06 Å². The standard InChI is InChI=1S/C11H17NO3S/c1-11(2,9(13)7-16)10(14)12(15)8-5-3-4-6-8/h7-8,15H,3-6H2,1-2H3. The van der Waals surface area contributed by atoms with E-state index in [1.807, 2.05) is 0 Å². The number of hydrogen-bond acceptors (Lipinski definition) is 4. The maximum atomic E-state index is 11.9. The van der Waals surface area contributed by atoms with Gasteiger partial charge in [0.05, 0.1) is 6.04 Å². The Balaban J connectivity index is 2.75. The zero-order valence-corrected chi connectivity index (χ0v) is 10.4. The fourth-order valence-corrected chi connectivity index (χ4v) is 2.15. The normalized spacial score (nSPS) is 17.2. The largest absolute Gasteiger partial charge is 0.293 e. The number of amides is 1. The van der Waals surface area contributed by atoms with Crippen LogP contribution in [0.1, 0.15) is 39.5 Å². The summed E-state index contributed by atoms with van der Waals surface area (Å²) in [6.07, 6.45) is 3.61. The second-order valence-corrected chi connectivity index (χ2v) is 4.93. The highest BCUT2D eigenvalue weighted by molar-refractivity contribution is 7.80. The lowest BCUT2D eigenvalue weighted by Gasteiger charge is -2.29. The van der Waals surface area contributed by atoms with Gasteiger partial charge >= 0.3 is 0 Å². The van der Waals surface area contributed by atoms with Gasteiger partial charge in [0.1, 0.15) is 5.41 Å². The van der Waals surface area contributed by atoms with E-state index in [0.717, 1.165) is 36.1 Å². The Morgan fingerprint density at radius 1 is 1.38 bits per heavy atom. The SMILES string of the molecule is CC(C)(C(=O)C=S)C(=O)N(O)C1CCCC1. The second-order valence-electron chi connectivity index (χ2n) is 4.70. The van der Waals surface area contributed by atoms with Crippen LogP contribution >= 0.6 is 12.2 Å². The van der Waals surface area contributed by atoms with Crippen molar-refractivity contribution in [1.82, 2.24) is 5.06 Å². The van der Waals surface area contributed by atoms with Gasteiger partial charge in [-0.15, -0.1) is 0 Å². The van der Waals surface area contributed by atoms with Crippen LogP contribution in [0.5, 0.6) is 0 Å². The van der Waals surface area contributed by atoms with Crippen LogP contribution in [-0.4, -0.2) is 33.4 Å². The predicted molar refractivity (Wildman–Crippen MR) is 63.3 cm³/mol. The number of carbonyl (C=O) groups excluding carboxylic acids is 2. The molecule has 0 bridgehead atoms. The van der Waals surface area contributed by atoms with Crippen molar-refractivity contribution >= 4 is 29.3 Å². The van der Waals surface area contributed by atoms with Gasteiger partial charge in [-0.1, -0.05) is 25.1 Å². The van der Waals surface area contributed by atoms with Gasteiger partial charge in [0.25, 0.3) is 5.91 Å². The Morgan fingerprint density at radius 2 is 1.88 bits per heavy atom. The first-order chi connectivity index (χ1) is 7.41. The van der Waals surface area contributed by atoms with E-state index < -0.39 is 17.1 Å². The van der Waals surface area contributed by atoms with Crippen LogP contribution in [-0.2, 0) is 9.59 Å². The quantitative estimate of drug-likeness (QED) is 0.354. The van der Waals surface area contributed by atoms with Gasteiger partial charge in [0.2, 0.25) is 0 Å². The molecule has 0 aromatic carbocycles. The van der Waals surface area contributed by atoms with E-state index in [0.29, 0.717) is 0 Å². The van der Waals surface area contributed by atoms with Crippen molar-refractivity contribution in [2.24, 2.45) is 5.41 Å². The van der Waals surface area contributed by atoms with Gasteiger partial charge in [0, 0.05) is 5.37 Å². The van der Waals surface area contributed by atoms with Gasteiger partial charge in [-0.3, -0.25) is 14.8 Å². The summed E-state index contributed by atoms with van der Waals surface area (Å²) in [7, 11) is 0. The van der Waals surface area contributed by atoms with Crippen LogP contribution in [0.3, 0.4) is 0 Å².